The van der Waals surface area contributed by atoms with Crippen LogP contribution in [0.2, 0.25) is 0 Å². The number of hydrogen-bond donors (Lipinski definition) is 1. The normalized spacial score (nSPS) is 13.2. The maximum absolute atomic E-state index is 14.0. The predicted molar refractivity (Wildman–Crippen MR) is 181 cm³/mol. The fourth-order valence-electron chi connectivity index (χ4n) is 5.73. The average Bonchev–Trinajstić information content (AvgIpc) is 3.06. The van der Waals surface area contributed by atoms with E-state index < -0.39 is 6.09 Å². The largest absolute Gasteiger partial charge is 0.497 e. The van der Waals surface area contributed by atoms with Gasteiger partial charge in [-0.3, -0.25) is 0 Å². The van der Waals surface area contributed by atoms with Crippen molar-refractivity contribution in [2.45, 2.75) is 46.5 Å². The van der Waals surface area contributed by atoms with E-state index in [0.29, 0.717) is 41.3 Å². The standard InChI is InChI=1S/C36H43N5O5/c1-25-21-26(2)34(27(3)22-25)46-36(42)41(31-14-13-29(43-4)24-32(31)44-5)33-15-16-37-35(39-33)38-28-11-9-12-30(23-28)45-20-10-19-40-17-7-6-8-18-40/h9,11-16,21-24H,6-8,10,17-20H2,1-5H3,(H,37,38,39). The number of benzene rings is 3. The van der Waals surface area contributed by atoms with E-state index in [1.165, 1.54) is 44.4 Å². The number of carbonyl (C=O) groups excluding carboxylic acids is 1. The third-order valence-corrected chi connectivity index (χ3v) is 7.90. The molecule has 5 rings (SSSR count). The second-order valence-electron chi connectivity index (χ2n) is 11.5. The summed E-state index contributed by atoms with van der Waals surface area (Å²) >= 11 is 0. The van der Waals surface area contributed by atoms with Crippen LogP contribution >= 0.6 is 0 Å². The van der Waals surface area contributed by atoms with Gasteiger partial charge in [-0.1, -0.05) is 30.2 Å². The van der Waals surface area contributed by atoms with Crippen LogP contribution in [-0.4, -0.2) is 61.4 Å². The molecule has 1 aliphatic rings. The fraction of sp³-hybridized carbons (Fsp3) is 0.361. The molecule has 10 nitrogen and oxygen atoms in total. The highest BCUT2D eigenvalue weighted by Gasteiger charge is 2.27. The molecule has 2 heterocycles. The summed E-state index contributed by atoms with van der Waals surface area (Å²) in [6.45, 7) is 9.91. The van der Waals surface area contributed by atoms with E-state index in [2.05, 4.69) is 15.2 Å². The quantitative estimate of drug-likeness (QED) is 0.158. The Hall–Kier alpha value is -4.83. The third kappa shape index (κ3) is 8.25. The van der Waals surface area contributed by atoms with Gasteiger partial charge in [-0.2, -0.15) is 4.98 Å². The van der Waals surface area contributed by atoms with E-state index in [9.17, 15) is 4.79 Å². The van der Waals surface area contributed by atoms with Crippen molar-refractivity contribution in [1.82, 2.24) is 14.9 Å². The lowest BCUT2D eigenvalue weighted by Gasteiger charge is -2.26. The van der Waals surface area contributed by atoms with Gasteiger partial charge in [-0.05, 0) is 88.5 Å². The number of anilines is 4. The Labute approximate surface area is 271 Å². The SMILES string of the molecule is COc1ccc(N(C(=O)Oc2c(C)cc(C)cc2C)c2ccnc(Nc3cccc(OCCCN4CCCCC4)c3)n2)c(OC)c1. The Bertz CT molecular complexity index is 1620. The van der Waals surface area contributed by atoms with Crippen LogP contribution in [-0.2, 0) is 0 Å². The van der Waals surface area contributed by atoms with Crippen LogP contribution < -0.4 is 29.2 Å². The number of rotatable bonds is 12. The number of ether oxygens (including phenoxy) is 4. The number of hydrogen-bond acceptors (Lipinski definition) is 9. The van der Waals surface area contributed by atoms with E-state index in [-0.39, 0.29) is 0 Å². The van der Waals surface area contributed by atoms with E-state index >= 15 is 0 Å². The summed E-state index contributed by atoms with van der Waals surface area (Å²) in [6, 6.07) is 18.5. The first-order valence-corrected chi connectivity index (χ1v) is 15.7. The highest BCUT2D eigenvalue weighted by atomic mass is 16.6. The summed E-state index contributed by atoms with van der Waals surface area (Å²) < 4.78 is 23.1. The topological polar surface area (TPSA) is 98.3 Å². The number of piperidine rings is 1. The molecule has 10 heteroatoms. The summed E-state index contributed by atoms with van der Waals surface area (Å²) in [5.74, 6) is 2.83. The lowest BCUT2D eigenvalue weighted by Crippen LogP contribution is -2.31. The Morgan fingerprint density at radius 3 is 2.43 bits per heavy atom. The Morgan fingerprint density at radius 1 is 0.913 bits per heavy atom. The van der Waals surface area contributed by atoms with Crippen molar-refractivity contribution >= 4 is 29.2 Å². The fourth-order valence-corrected chi connectivity index (χ4v) is 5.73. The van der Waals surface area contributed by atoms with Gasteiger partial charge in [0.25, 0.3) is 0 Å². The molecule has 1 aromatic heterocycles. The summed E-state index contributed by atoms with van der Waals surface area (Å²) in [5, 5.41) is 3.25. The number of aromatic nitrogens is 2. The number of aryl methyl sites for hydroxylation is 3. The lowest BCUT2D eigenvalue weighted by molar-refractivity contribution is 0.205. The minimum absolute atomic E-state index is 0.290. The van der Waals surface area contributed by atoms with Gasteiger partial charge in [0.05, 0.1) is 26.5 Å². The van der Waals surface area contributed by atoms with Gasteiger partial charge in [0.15, 0.2) is 0 Å². The Morgan fingerprint density at radius 2 is 1.70 bits per heavy atom. The molecule has 4 aromatic rings. The van der Waals surface area contributed by atoms with Crippen molar-refractivity contribution in [3.63, 3.8) is 0 Å². The minimum atomic E-state index is -0.650. The van der Waals surface area contributed by atoms with Crippen LogP contribution in [0.15, 0.2) is 66.9 Å². The molecule has 1 aliphatic heterocycles. The minimum Gasteiger partial charge on any atom is -0.497 e. The Balaban J connectivity index is 1.37. The van der Waals surface area contributed by atoms with Gasteiger partial charge in [0, 0.05) is 36.6 Å². The van der Waals surface area contributed by atoms with Gasteiger partial charge in [0.2, 0.25) is 5.95 Å². The molecule has 1 N–H and O–H groups in total. The van der Waals surface area contributed by atoms with Crippen LogP contribution in [0.3, 0.4) is 0 Å². The molecule has 242 valence electrons. The van der Waals surface area contributed by atoms with Crippen LogP contribution in [0.25, 0.3) is 0 Å². The second kappa shape index (κ2) is 15.4. The van der Waals surface area contributed by atoms with Crippen molar-refractivity contribution in [3.05, 3.63) is 83.6 Å². The van der Waals surface area contributed by atoms with Crippen LogP contribution in [0.4, 0.5) is 27.9 Å². The van der Waals surface area contributed by atoms with Crippen molar-refractivity contribution in [1.29, 1.82) is 0 Å². The number of carbonyl (C=O) groups is 1. The van der Waals surface area contributed by atoms with Gasteiger partial charge < -0.3 is 29.2 Å². The monoisotopic (exact) mass is 625 g/mol. The molecule has 0 bridgehead atoms. The maximum atomic E-state index is 14.0. The smallest absolute Gasteiger partial charge is 0.425 e. The molecule has 1 saturated heterocycles. The highest BCUT2D eigenvalue weighted by molar-refractivity contribution is 5.98. The molecular formula is C36H43N5O5. The molecule has 3 aromatic carbocycles. The maximum Gasteiger partial charge on any atom is 0.425 e. The van der Waals surface area contributed by atoms with Crippen molar-refractivity contribution in [2.75, 3.05) is 50.7 Å². The van der Waals surface area contributed by atoms with E-state index in [1.54, 1.807) is 37.6 Å². The van der Waals surface area contributed by atoms with E-state index in [4.69, 9.17) is 23.9 Å². The number of nitrogens with one attached hydrogen (secondary N) is 1. The molecule has 0 spiro atoms. The molecule has 0 atom stereocenters. The second-order valence-corrected chi connectivity index (χ2v) is 11.5. The number of amides is 1. The summed E-state index contributed by atoms with van der Waals surface area (Å²) in [5.41, 5.74) is 3.98. The van der Waals surface area contributed by atoms with Crippen molar-refractivity contribution in [2.24, 2.45) is 0 Å². The Kier molecular flexibility index (Phi) is 10.9. The van der Waals surface area contributed by atoms with Crippen LogP contribution in [0.5, 0.6) is 23.0 Å². The third-order valence-electron chi connectivity index (χ3n) is 7.90. The van der Waals surface area contributed by atoms with E-state index in [0.717, 1.165) is 41.1 Å². The number of nitrogens with zero attached hydrogens (tertiary/aromatic N) is 4. The molecule has 0 aliphatic carbocycles. The van der Waals surface area contributed by atoms with Gasteiger partial charge in [0.1, 0.15) is 28.8 Å². The van der Waals surface area contributed by atoms with Gasteiger partial charge in [-0.25, -0.2) is 14.7 Å². The molecule has 46 heavy (non-hydrogen) atoms. The lowest BCUT2D eigenvalue weighted by atomic mass is 10.1. The van der Waals surface area contributed by atoms with Crippen molar-refractivity contribution in [3.8, 4) is 23.0 Å². The van der Waals surface area contributed by atoms with Crippen molar-refractivity contribution < 1.29 is 23.7 Å². The zero-order chi connectivity index (χ0) is 32.5. The molecular weight excluding hydrogens is 582 g/mol. The van der Waals surface area contributed by atoms with Gasteiger partial charge >= 0.3 is 6.09 Å². The molecule has 1 fully saturated rings. The van der Waals surface area contributed by atoms with Crippen LogP contribution in [0.1, 0.15) is 42.4 Å². The van der Waals surface area contributed by atoms with Crippen LogP contribution in [0, 0.1) is 20.8 Å². The molecule has 0 saturated carbocycles. The molecule has 1 amide bonds. The number of methoxy groups -OCH3 is 2. The summed E-state index contributed by atoms with van der Waals surface area (Å²) in [7, 11) is 3.10. The highest BCUT2D eigenvalue weighted by Crippen LogP contribution is 2.37. The predicted octanol–water partition coefficient (Wildman–Crippen LogP) is 7.75. The van der Waals surface area contributed by atoms with Gasteiger partial charge in [-0.15, -0.1) is 0 Å². The molecule has 0 radical (unpaired) electrons. The number of likely N-dealkylation sites (tertiary alicyclic amines) is 1. The first-order chi connectivity index (χ1) is 22.3. The molecule has 0 unspecified atom stereocenters. The zero-order valence-electron chi connectivity index (χ0n) is 27.3. The first kappa shape index (κ1) is 32.6. The summed E-state index contributed by atoms with van der Waals surface area (Å²) in [4.78, 5) is 27.0. The van der Waals surface area contributed by atoms with E-state index in [1.807, 2.05) is 57.2 Å². The zero-order valence-corrected chi connectivity index (χ0v) is 27.3. The average molecular weight is 626 g/mol. The first-order valence-electron chi connectivity index (χ1n) is 15.7. The summed E-state index contributed by atoms with van der Waals surface area (Å²) in [6.07, 6.45) is 5.83.